The van der Waals surface area contributed by atoms with Crippen LogP contribution in [0.4, 0.5) is 0 Å². The van der Waals surface area contributed by atoms with Crippen molar-refractivity contribution in [2.24, 2.45) is 5.73 Å². The molecule has 0 spiro atoms. The fourth-order valence-corrected chi connectivity index (χ4v) is 3.36. The molecule has 2 aliphatic rings. The second-order valence-electron chi connectivity index (χ2n) is 4.77. The summed E-state index contributed by atoms with van der Waals surface area (Å²) in [4.78, 5) is 5.11. The van der Waals surface area contributed by atoms with E-state index in [0.717, 1.165) is 19.1 Å². The fourth-order valence-electron chi connectivity index (χ4n) is 3.36. The Balaban J connectivity index is 2.19. The number of likely N-dealkylation sites (N-methyl/N-ethyl adjacent to an activating group) is 1. The summed E-state index contributed by atoms with van der Waals surface area (Å²) >= 11 is 0. The minimum Gasteiger partial charge on any atom is -0.329 e. The van der Waals surface area contributed by atoms with Gasteiger partial charge in [-0.1, -0.05) is 6.92 Å². The van der Waals surface area contributed by atoms with Gasteiger partial charge in [-0.05, 0) is 39.4 Å². The van der Waals surface area contributed by atoms with Crippen LogP contribution in [0.2, 0.25) is 0 Å². The van der Waals surface area contributed by atoms with Crippen LogP contribution in [-0.4, -0.2) is 54.6 Å². The highest BCUT2D eigenvalue weighted by Crippen LogP contribution is 2.38. The second kappa shape index (κ2) is 3.80. The van der Waals surface area contributed by atoms with E-state index in [4.69, 9.17) is 5.73 Å². The molecule has 2 fully saturated rings. The van der Waals surface area contributed by atoms with Crippen molar-refractivity contribution in [3.05, 3.63) is 0 Å². The number of nitrogens with zero attached hydrogens (tertiary/aromatic N) is 2. The number of hydrogen-bond donors (Lipinski definition) is 1. The zero-order chi connectivity index (χ0) is 10.2. The van der Waals surface area contributed by atoms with Crippen molar-refractivity contribution >= 4 is 0 Å². The predicted octanol–water partition coefficient (Wildman–Crippen LogP) is 0.504. The van der Waals surface area contributed by atoms with Crippen LogP contribution in [0, 0.1) is 0 Å². The van der Waals surface area contributed by atoms with Crippen molar-refractivity contribution in [2.75, 3.05) is 33.2 Å². The average Bonchev–Trinajstić information content (AvgIpc) is 2.77. The lowest BCUT2D eigenvalue weighted by Crippen LogP contribution is -2.58. The van der Waals surface area contributed by atoms with Gasteiger partial charge in [-0.2, -0.15) is 0 Å². The third kappa shape index (κ3) is 1.30. The van der Waals surface area contributed by atoms with Crippen LogP contribution in [-0.2, 0) is 0 Å². The van der Waals surface area contributed by atoms with Crippen molar-refractivity contribution in [1.29, 1.82) is 0 Å². The maximum Gasteiger partial charge on any atom is 0.0495 e. The van der Waals surface area contributed by atoms with E-state index in [-0.39, 0.29) is 5.54 Å². The summed E-state index contributed by atoms with van der Waals surface area (Å²) in [6, 6.07) is 0.734. The van der Waals surface area contributed by atoms with Crippen LogP contribution < -0.4 is 5.73 Å². The molecule has 0 amide bonds. The maximum absolute atomic E-state index is 6.03. The van der Waals surface area contributed by atoms with Gasteiger partial charge in [0.2, 0.25) is 0 Å². The molecule has 2 N–H and O–H groups in total. The molecule has 0 aliphatic carbocycles. The molecule has 14 heavy (non-hydrogen) atoms. The first-order chi connectivity index (χ1) is 6.74. The number of hydrogen-bond acceptors (Lipinski definition) is 3. The summed E-state index contributed by atoms with van der Waals surface area (Å²) in [7, 11) is 2.23. The smallest absolute Gasteiger partial charge is 0.0495 e. The van der Waals surface area contributed by atoms with E-state index in [1.165, 1.54) is 32.4 Å². The zero-order valence-corrected chi connectivity index (χ0v) is 9.50. The molecule has 0 aromatic carbocycles. The third-order valence-corrected chi connectivity index (χ3v) is 4.40. The van der Waals surface area contributed by atoms with Crippen LogP contribution in [0.1, 0.15) is 26.2 Å². The molecular weight excluding hydrogens is 174 g/mol. The highest BCUT2D eigenvalue weighted by atomic mass is 15.3. The van der Waals surface area contributed by atoms with Crippen LogP contribution in [0.25, 0.3) is 0 Å². The molecule has 3 heteroatoms. The van der Waals surface area contributed by atoms with E-state index in [0.29, 0.717) is 0 Å². The molecule has 0 radical (unpaired) electrons. The molecule has 0 aromatic rings. The summed E-state index contributed by atoms with van der Waals surface area (Å²) in [5.74, 6) is 0. The van der Waals surface area contributed by atoms with Gasteiger partial charge in [0.15, 0.2) is 0 Å². The Kier molecular flexibility index (Phi) is 2.82. The predicted molar refractivity (Wildman–Crippen MR) is 59.3 cm³/mol. The first kappa shape index (κ1) is 10.4. The molecule has 0 aromatic heterocycles. The van der Waals surface area contributed by atoms with Crippen molar-refractivity contribution in [1.82, 2.24) is 9.80 Å². The minimum atomic E-state index is 0.283. The molecule has 2 heterocycles. The standard InChI is InChI=1S/C11H23N3/c1-3-13(2)11(9-12)6-8-14-7-4-5-10(11)14/h10H,3-9,12H2,1-2H3. The lowest BCUT2D eigenvalue weighted by molar-refractivity contribution is 0.0963. The van der Waals surface area contributed by atoms with Crippen molar-refractivity contribution < 1.29 is 0 Å². The van der Waals surface area contributed by atoms with Gasteiger partial charge < -0.3 is 5.73 Å². The van der Waals surface area contributed by atoms with Gasteiger partial charge >= 0.3 is 0 Å². The maximum atomic E-state index is 6.03. The topological polar surface area (TPSA) is 32.5 Å². The summed E-state index contributed by atoms with van der Waals surface area (Å²) in [5.41, 5.74) is 6.32. The lowest BCUT2D eigenvalue weighted by Gasteiger charge is -2.42. The Morgan fingerprint density at radius 2 is 2.29 bits per heavy atom. The Labute approximate surface area is 87.2 Å². The monoisotopic (exact) mass is 197 g/mol. The third-order valence-electron chi connectivity index (χ3n) is 4.40. The summed E-state index contributed by atoms with van der Waals surface area (Å²) < 4.78 is 0. The van der Waals surface area contributed by atoms with E-state index in [1.807, 2.05) is 0 Å². The van der Waals surface area contributed by atoms with E-state index in [1.54, 1.807) is 0 Å². The number of nitrogens with two attached hydrogens (primary N) is 1. The average molecular weight is 197 g/mol. The van der Waals surface area contributed by atoms with E-state index >= 15 is 0 Å². The molecule has 82 valence electrons. The van der Waals surface area contributed by atoms with Crippen molar-refractivity contribution in [3.63, 3.8) is 0 Å². The van der Waals surface area contributed by atoms with Gasteiger partial charge in [-0.3, -0.25) is 9.80 Å². The summed E-state index contributed by atoms with van der Waals surface area (Å²) in [6.45, 7) is 6.71. The van der Waals surface area contributed by atoms with Crippen LogP contribution in [0.3, 0.4) is 0 Å². The van der Waals surface area contributed by atoms with E-state index in [9.17, 15) is 0 Å². The van der Waals surface area contributed by atoms with Crippen molar-refractivity contribution in [2.45, 2.75) is 37.8 Å². The Morgan fingerprint density at radius 3 is 2.93 bits per heavy atom. The molecule has 3 nitrogen and oxygen atoms in total. The summed E-state index contributed by atoms with van der Waals surface area (Å²) in [6.07, 6.45) is 3.98. The molecular formula is C11H23N3. The zero-order valence-electron chi connectivity index (χ0n) is 9.50. The van der Waals surface area contributed by atoms with Gasteiger partial charge in [-0.25, -0.2) is 0 Å². The van der Waals surface area contributed by atoms with Crippen LogP contribution >= 0.6 is 0 Å². The van der Waals surface area contributed by atoms with Crippen LogP contribution in [0.5, 0.6) is 0 Å². The first-order valence-electron chi connectivity index (χ1n) is 5.90. The molecule has 2 rings (SSSR count). The SMILES string of the molecule is CCN(C)C1(CN)CCN2CCCC21. The molecule has 2 atom stereocenters. The summed E-state index contributed by atoms with van der Waals surface area (Å²) in [5, 5.41) is 0. The van der Waals surface area contributed by atoms with Gasteiger partial charge in [0.25, 0.3) is 0 Å². The van der Waals surface area contributed by atoms with Crippen LogP contribution in [0.15, 0.2) is 0 Å². The van der Waals surface area contributed by atoms with E-state index < -0.39 is 0 Å². The minimum absolute atomic E-state index is 0.283. The molecule has 0 saturated carbocycles. The van der Waals surface area contributed by atoms with Crippen molar-refractivity contribution in [3.8, 4) is 0 Å². The number of rotatable bonds is 3. The van der Waals surface area contributed by atoms with E-state index in [2.05, 4.69) is 23.8 Å². The van der Waals surface area contributed by atoms with Gasteiger partial charge in [-0.15, -0.1) is 0 Å². The molecule has 0 bridgehead atoms. The normalized spacial score (nSPS) is 38.1. The first-order valence-corrected chi connectivity index (χ1v) is 5.90. The molecule has 2 unspecified atom stereocenters. The number of fused-ring (bicyclic) bond motifs is 1. The Bertz CT molecular complexity index is 207. The van der Waals surface area contributed by atoms with Gasteiger partial charge in [0.1, 0.15) is 0 Å². The Morgan fingerprint density at radius 1 is 1.50 bits per heavy atom. The lowest BCUT2D eigenvalue weighted by atomic mass is 9.87. The fraction of sp³-hybridized carbons (Fsp3) is 1.00. The quantitative estimate of drug-likeness (QED) is 0.715. The van der Waals surface area contributed by atoms with Gasteiger partial charge in [0.05, 0.1) is 0 Å². The second-order valence-corrected chi connectivity index (χ2v) is 4.77. The van der Waals surface area contributed by atoms with Gasteiger partial charge in [0, 0.05) is 24.7 Å². The highest BCUT2D eigenvalue weighted by Gasteiger charge is 2.50. The Hall–Kier alpha value is -0.120. The molecule has 2 saturated heterocycles. The highest BCUT2D eigenvalue weighted by molar-refractivity contribution is 5.08. The largest absolute Gasteiger partial charge is 0.329 e. The molecule has 2 aliphatic heterocycles.